The van der Waals surface area contributed by atoms with E-state index in [2.05, 4.69) is 30.6 Å². The fourth-order valence-corrected chi connectivity index (χ4v) is 2.39. The van der Waals surface area contributed by atoms with Gasteiger partial charge in [0.25, 0.3) is 0 Å². The van der Waals surface area contributed by atoms with E-state index >= 15 is 0 Å². The van der Waals surface area contributed by atoms with Crippen LogP contribution in [0.25, 0.3) is 0 Å². The van der Waals surface area contributed by atoms with Gasteiger partial charge >= 0.3 is 6.03 Å². The molecule has 2 amide bonds. The van der Waals surface area contributed by atoms with Crippen molar-refractivity contribution >= 4 is 17.8 Å². The van der Waals surface area contributed by atoms with Crippen LogP contribution in [0.1, 0.15) is 18.4 Å². The van der Waals surface area contributed by atoms with Crippen molar-refractivity contribution in [1.29, 1.82) is 0 Å². The molecular formula is C14H19N7O. The highest BCUT2D eigenvalue weighted by Gasteiger charge is 2.13. The van der Waals surface area contributed by atoms with Gasteiger partial charge in [0, 0.05) is 32.9 Å². The number of rotatable bonds is 4. The lowest BCUT2D eigenvalue weighted by atomic mass is 10.3. The van der Waals surface area contributed by atoms with E-state index in [1.807, 2.05) is 12.1 Å². The lowest BCUT2D eigenvalue weighted by Gasteiger charge is -2.16. The van der Waals surface area contributed by atoms with E-state index in [1.165, 1.54) is 23.9 Å². The van der Waals surface area contributed by atoms with Crippen molar-refractivity contribution < 1.29 is 4.79 Å². The predicted octanol–water partition coefficient (Wildman–Crippen LogP) is 1.13. The second kappa shape index (κ2) is 6.42. The molecule has 0 radical (unpaired) electrons. The molecule has 116 valence electrons. The molecule has 0 saturated carbocycles. The number of aryl methyl sites for hydroxylation is 1. The van der Waals surface area contributed by atoms with Gasteiger partial charge in [0.15, 0.2) is 0 Å². The molecule has 2 aromatic heterocycles. The number of amides is 2. The van der Waals surface area contributed by atoms with Gasteiger partial charge in [0.1, 0.15) is 12.1 Å². The highest BCUT2D eigenvalue weighted by Crippen LogP contribution is 2.17. The minimum atomic E-state index is -0.320. The van der Waals surface area contributed by atoms with Gasteiger partial charge in [-0.25, -0.2) is 14.5 Å². The number of urea groups is 1. The number of nitrogens with zero attached hydrogens (tertiary/aromatic N) is 5. The minimum Gasteiger partial charge on any atom is -0.357 e. The number of carbonyl (C=O) groups is 1. The summed E-state index contributed by atoms with van der Waals surface area (Å²) >= 11 is 0. The summed E-state index contributed by atoms with van der Waals surface area (Å²) < 4.78 is 1.49. The van der Waals surface area contributed by atoms with Crippen LogP contribution >= 0.6 is 0 Å². The Labute approximate surface area is 128 Å². The lowest BCUT2D eigenvalue weighted by molar-refractivity contribution is 0.251. The molecular weight excluding hydrogens is 282 g/mol. The van der Waals surface area contributed by atoms with Crippen molar-refractivity contribution in [2.45, 2.75) is 19.4 Å². The molecule has 1 aliphatic heterocycles. The van der Waals surface area contributed by atoms with Gasteiger partial charge in [-0.2, -0.15) is 10.1 Å². The molecule has 1 aliphatic rings. The van der Waals surface area contributed by atoms with Crippen molar-refractivity contribution in [3.8, 4) is 0 Å². The first-order valence-electron chi connectivity index (χ1n) is 7.31. The molecule has 1 saturated heterocycles. The van der Waals surface area contributed by atoms with Crippen molar-refractivity contribution in [3.05, 3.63) is 30.2 Å². The van der Waals surface area contributed by atoms with E-state index in [9.17, 15) is 4.79 Å². The van der Waals surface area contributed by atoms with Gasteiger partial charge in [-0.1, -0.05) is 6.07 Å². The van der Waals surface area contributed by atoms with Gasteiger partial charge in [-0.05, 0) is 24.5 Å². The normalized spacial score (nSPS) is 14.1. The summed E-state index contributed by atoms with van der Waals surface area (Å²) in [6.45, 7) is 2.56. The maximum atomic E-state index is 11.8. The summed E-state index contributed by atoms with van der Waals surface area (Å²) in [5.41, 5.74) is 0.955. The summed E-state index contributed by atoms with van der Waals surface area (Å²) in [5.74, 6) is 1.41. The number of hydrogen-bond donors (Lipinski definition) is 2. The van der Waals surface area contributed by atoms with Crippen LogP contribution in [0.5, 0.6) is 0 Å². The van der Waals surface area contributed by atoms with E-state index in [-0.39, 0.29) is 6.03 Å². The quantitative estimate of drug-likeness (QED) is 0.884. The molecule has 2 aromatic rings. The topological polar surface area (TPSA) is 88.0 Å². The van der Waals surface area contributed by atoms with E-state index in [0.29, 0.717) is 12.5 Å². The largest absolute Gasteiger partial charge is 0.357 e. The van der Waals surface area contributed by atoms with Crippen LogP contribution in [-0.4, -0.2) is 38.9 Å². The average molecular weight is 301 g/mol. The first kappa shape index (κ1) is 14.3. The van der Waals surface area contributed by atoms with Crippen LogP contribution in [0.15, 0.2) is 24.7 Å². The van der Waals surface area contributed by atoms with Gasteiger partial charge in [0.05, 0.1) is 0 Å². The van der Waals surface area contributed by atoms with Gasteiger partial charge in [0.2, 0.25) is 5.95 Å². The van der Waals surface area contributed by atoms with Crippen LogP contribution < -0.4 is 15.5 Å². The summed E-state index contributed by atoms with van der Waals surface area (Å²) in [6.07, 6.45) is 5.65. The van der Waals surface area contributed by atoms with Crippen LogP contribution in [-0.2, 0) is 13.6 Å². The second-order valence-corrected chi connectivity index (χ2v) is 5.23. The monoisotopic (exact) mass is 301 g/mol. The number of nitrogens with one attached hydrogen (secondary N) is 2. The molecule has 8 heteroatoms. The molecule has 22 heavy (non-hydrogen) atoms. The summed E-state index contributed by atoms with van der Waals surface area (Å²) in [5, 5.41) is 9.28. The third kappa shape index (κ3) is 3.33. The minimum absolute atomic E-state index is 0.320. The molecule has 0 unspecified atom stereocenters. The Hall–Kier alpha value is -2.64. The predicted molar refractivity (Wildman–Crippen MR) is 82.5 cm³/mol. The maximum Gasteiger partial charge on any atom is 0.321 e. The van der Waals surface area contributed by atoms with E-state index < -0.39 is 0 Å². The molecule has 8 nitrogen and oxygen atoms in total. The number of anilines is 2. The standard InChI is InChI=1S/C14H19N7O/c1-20-13(17-10-18-20)19-14(22)16-9-11-4-5-12(15-8-11)21-6-2-3-7-21/h4-5,8,10H,2-3,6-7,9H2,1H3,(H2,16,17,18,19,22). The van der Waals surface area contributed by atoms with E-state index in [1.54, 1.807) is 13.2 Å². The Morgan fingerprint density at radius 3 is 2.73 bits per heavy atom. The number of carbonyl (C=O) groups excluding carboxylic acids is 1. The van der Waals surface area contributed by atoms with Crippen molar-refractivity contribution in [2.75, 3.05) is 23.3 Å². The zero-order chi connectivity index (χ0) is 15.4. The van der Waals surface area contributed by atoms with Crippen molar-refractivity contribution in [3.63, 3.8) is 0 Å². The second-order valence-electron chi connectivity index (χ2n) is 5.23. The molecule has 0 bridgehead atoms. The Balaban J connectivity index is 1.50. The van der Waals surface area contributed by atoms with E-state index in [0.717, 1.165) is 24.5 Å². The molecule has 1 fully saturated rings. The Morgan fingerprint density at radius 1 is 1.27 bits per heavy atom. The van der Waals surface area contributed by atoms with Crippen molar-refractivity contribution in [1.82, 2.24) is 25.1 Å². The molecule has 2 N–H and O–H groups in total. The third-order valence-electron chi connectivity index (χ3n) is 3.63. The average Bonchev–Trinajstić information content (AvgIpc) is 3.18. The van der Waals surface area contributed by atoms with E-state index in [4.69, 9.17) is 0 Å². The smallest absolute Gasteiger partial charge is 0.321 e. The SMILES string of the molecule is Cn1ncnc1NC(=O)NCc1ccc(N2CCCC2)nc1. The number of pyridine rings is 1. The van der Waals surface area contributed by atoms with Crippen LogP contribution in [0.3, 0.4) is 0 Å². The van der Waals surface area contributed by atoms with Crippen molar-refractivity contribution in [2.24, 2.45) is 7.05 Å². The van der Waals surface area contributed by atoms with Gasteiger partial charge in [-0.15, -0.1) is 0 Å². The summed E-state index contributed by atoms with van der Waals surface area (Å²) in [7, 11) is 1.71. The Bertz CT molecular complexity index is 631. The van der Waals surface area contributed by atoms with Gasteiger partial charge in [-0.3, -0.25) is 5.32 Å². The van der Waals surface area contributed by atoms with Crippen LogP contribution in [0.4, 0.5) is 16.6 Å². The lowest BCUT2D eigenvalue weighted by Crippen LogP contribution is -2.29. The first-order chi connectivity index (χ1) is 10.7. The molecule has 0 aromatic carbocycles. The summed E-state index contributed by atoms with van der Waals surface area (Å²) in [4.78, 5) is 22.4. The highest BCUT2D eigenvalue weighted by molar-refractivity contribution is 5.87. The third-order valence-corrected chi connectivity index (χ3v) is 3.63. The zero-order valence-electron chi connectivity index (χ0n) is 12.5. The molecule has 0 atom stereocenters. The van der Waals surface area contributed by atoms with Crippen LogP contribution in [0.2, 0.25) is 0 Å². The fourth-order valence-electron chi connectivity index (χ4n) is 2.39. The maximum absolute atomic E-state index is 11.8. The summed E-state index contributed by atoms with van der Waals surface area (Å²) in [6, 6.07) is 3.67. The number of hydrogen-bond acceptors (Lipinski definition) is 5. The molecule has 0 aliphatic carbocycles. The first-order valence-corrected chi connectivity index (χ1v) is 7.31. The van der Waals surface area contributed by atoms with Crippen LogP contribution in [0, 0.1) is 0 Å². The molecule has 3 rings (SSSR count). The number of aromatic nitrogens is 4. The molecule has 3 heterocycles. The fraction of sp³-hybridized carbons (Fsp3) is 0.429. The molecule has 0 spiro atoms. The highest BCUT2D eigenvalue weighted by atomic mass is 16.2. The Morgan fingerprint density at radius 2 is 2.09 bits per heavy atom. The van der Waals surface area contributed by atoms with Gasteiger partial charge < -0.3 is 10.2 Å². The zero-order valence-corrected chi connectivity index (χ0v) is 12.5. The Kier molecular flexibility index (Phi) is 4.17.